The second-order valence-corrected chi connectivity index (χ2v) is 7.29. The molecule has 4 rings (SSSR count). The number of hydrogen-bond acceptors (Lipinski definition) is 3. The van der Waals surface area contributed by atoms with Crippen molar-refractivity contribution < 1.29 is 13.6 Å². The summed E-state index contributed by atoms with van der Waals surface area (Å²) in [5.41, 5.74) is 2.12. The van der Waals surface area contributed by atoms with E-state index in [0.717, 1.165) is 42.5 Å². The molecule has 2 aromatic rings. The molecular weight excluding hydrogens is 336 g/mol. The Labute approximate surface area is 151 Å². The quantitative estimate of drug-likeness (QED) is 0.820. The van der Waals surface area contributed by atoms with Gasteiger partial charge in [0.1, 0.15) is 0 Å². The lowest BCUT2D eigenvalue weighted by Gasteiger charge is -2.38. The fraction of sp³-hybridized carbons (Fsp3) is 0.500. The molecule has 0 N–H and O–H groups in total. The summed E-state index contributed by atoms with van der Waals surface area (Å²) in [5, 5.41) is 1.12. The summed E-state index contributed by atoms with van der Waals surface area (Å²) in [6.07, 6.45) is 2.94. The molecule has 0 aliphatic carbocycles. The normalized spacial score (nSPS) is 21.2. The third kappa shape index (κ3) is 3.37. The lowest BCUT2D eigenvalue weighted by molar-refractivity contribution is -0.142. The molecule has 4 nitrogen and oxygen atoms in total. The first-order chi connectivity index (χ1) is 12.5. The van der Waals surface area contributed by atoms with Gasteiger partial charge in [0.05, 0.1) is 5.52 Å². The Balaban J connectivity index is 1.40. The zero-order valence-corrected chi connectivity index (χ0v) is 14.7. The van der Waals surface area contributed by atoms with Gasteiger partial charge in [0.2, 0.25) is 5.91 Å². The van der Waals surface area contributed by atoms with Crippen LogP contribution in [0.5, 0.6) is 0 Å². The van der Waals surface area contributed by atoms with E-state index in [9.17, 15) is 13.6 Å². The molecule has 2 fully saturated rings. The molecule has 2 aliphatic heterocycles. The van der Waals surface area contributed by atoms with Gasteiger partial charge < -0.3 is 9.80 Å². The van der Waals surface area contributed by atoms with Gasteiger partial charge in [0, 0.05) is 62.2 Å². The zero-order chi connectivity index (χ0) is 18.1. The van der Waals surface area contributed by atoms with Crippen molar-refractivity contribution in [3.63, 3.8) is 0 Å². The first-order valence-electron chi connectivity index (χ1n) is 9.29. The van der Waals surface area contributed by atoms with Crippen molar-refractivity contribution >= 4 is 22.5 Å². The van der Waals surface area contributed by atoms with E-state index in [1.165, 1.54) is 0 Å². The Morgan fingerprint density at radius 2 is 1.73 bits per heavy atom. The van der Waals surface area contributed by atoms with Crippen LogP contribution in [0.15, 0.2) is 36.5 Å². The Kier molecular flexibility index (Phi) is 4.51. The van der Waals surface area contributed by atoms with Crippen LogP contribution in [0.4, 0.5) is 14.5 Å². The second-order valence-electron chi connectivity index (χ2n) is 7.29. The van der Waals surface area contributed by atoms with Gasteiger partial charge >= 0.3 is 0 Å². The van der Waals surface area contributed by atoms with Gasteiger partial charge in [-0.05, 0) is 25.0 Å². The van der Waals surface area contributed by atoms with Gasteiger partial charge in [0.15, 0.2) is 0 Å². The van der Waals surface area contributed by atoms with Crippen LogP contribution in [0.3, 0.4) is 0 Å². The molecule has 1 amide bonds. The van der Waals surface area contributed by atoms with Crippen molar-refractivity contribution in [3.05, 3.63) is 36.5 Å². The topological polar surface area (TPSA) is 36.4 Å². The number of carbonyl (C=O) groups excluding carboxylic acids is 1. The number of para-hydroxylation sites is 1. The van der Waals surface area contributed by atoms with E-state index >= 15 is 0 Å². The highest BCUT2D eigenvalue weighted by atomic mass is 19.3. The predicted molar refractivity (Wildman–Crippen MR) is 97.4 cm³/mol. The maximum absolute atomic E-state index is 13.3. The number of rotatable bonds is 2. The molecule has 2 aliphatic rings. The summed E-state index contributed by atoms with van der Waals surface area (Å²) < 4.78 is 26.6. The number of anilines is 1. The number of pyridine rings is 1. The lowest BCUT2D eigenvalue weighted by Crippen LogP contribution is -2.47. The number of fused-ring (bicyclic) bond motifs is 1. The van der Waals surface area contributed by atoms with Crippen LogP contribution in [0.25, 0.3) is 10.9 Å². The third-order valence-electron chi connectivity index (χ3n) is 5.62. The van der Waals surface area contributed by atoms with Crippen molar-refractivity contribution in [3.8, 4) is 0 Å². The molecule has 1 aromatic carbocycles. The Hall–Kier alpha value is -2.24. The van der Waals surface area contributed by atoms with Crippen molar-refractivity contribution in [1.29, 1.82) is 0 Å². The molecular formula is C20H23F2N3O. The number of hydrogen-bond donors (Lipinski definition) is 0. The monoisotopic (exact) mass is 359 g/mol. The molecule has 3 heterocycles. The molecule has 0 atom stereocenters. The first kappa shape index (κ1) is 17.2. The van der Waals surface area contributed by atoms with Gasteiger partial charge in [-0.15, -0.1) is 0 Å². The number of likely N-dealkylation sites (tertiary alicyclic amines) is 1. The third-order valence-corrected chi connectivity index (χ3v) is 5.62. The largest absolute Gasteiger partial charge is 0.371 e. The van der Waals surface area contributed by atoms with E-state index in [1.54, 1.807) is 4.90 Å². The highest BCUT2D eigenvalue weighted by Crippen LogP contribution is 2.32. The average Bonchev–Trinajstić information content (AvgIpc) is 2.67. The Morgan fingerprint density at radius 1 is 1.04 bits per heavy atom. The van der Waals surface area contributed by atoms with Crippen molar-refractivity contribution in [2.24, 2.45) is 5.92 Å². The maximum Gasteiger partial charge on any atom is 0.251 e. The minimum Gasteiger partial charge on any atom is -0.371 e. The summed E-state index contributed by atoms with van der Waals surface area (Å²) >= 11 is 0. The van der Waals surface area contributed by atoms with Crippen LogP contribution < -0.4 is 4.90 Å². The van der Waals surface area contributed by atoms with Gasteiger partial charge in [-0.2, -0.15) is 0 Å². The Bertz CT molecular complexity index is 787. The standard InChI is InChI=1S/C20H23F2N3O/c21-20(22)8-13-25(14-9-20)19(26)15-6-11-24(12-7-15)18-5-10-23-17-4-2-1-3-16(17)18/h1-5,10,15H,6-9,11-14H2. The molecule has 0 unspecified atom stereocenters. The maximum atomic E-state index is 13.3. The number of benzene rings is 1. The van der Waals surface area contributed by atoms with E-state index in [-0.39, 0.29) is 37.8 Å². The minimum absolute atomic E-state index is 0.0499. The summed E-state index contributed by atoms with van der Waals surface area (Å²) in [5.74, 6) is -2.60. The van der Waals surface area contributed by atoms with Crippen molar-refractivity contribution in [2.75, 3.05) is 31.1 Å². The van der Waals surface area contributed by atoms with Crippen LogP contribution in [-0.4, -0.2) is 47.9 Å². The molecule has 0 spiro atoms. The van der Waals surface area contributed by atoms with Crippen LogP contribution >= 0.6 is 0 Å². The summed E-state index contributed by atoms with van der Waals surface area (Å²) in [7, 11) is 0. The van der Waals surface area contributed by atoms with E-state index < -0.39 is 5.92 Å². The number of piperidine rings is 2. The number of alkyl halides is 2. The fourth-order valence-electron chi connectivity index (χ4n) is 4.04. The van der Waals surface area contributed by atoms with Gasteiger partial charge in [-0.25, -0.2) is 8.78 Å². The summed E-state index contributed by atoms with van der Waals surface area (Å²) in [4.78, 5) is 21.0. The fourth-order valence-corrected chi connectivity index (χ4v) is 4.04. The van der Waals surface area contributed by atoms with Crippen molar-refractivity contribution in [2.45, 2.75) is 31.6 Å². The molecule has 6 heteroatoms. The second kappa shape index (κ2) is 6.82. The van der Waals surface area contributed by atoms with E-state index in [2.05, 4.69) is 16.0 Å². The minimum atomic E-state index is -2.61. The van der Waals surface area contributed by atoms with Crippen LogP contribution in [-0.2, 0) is 4.79 Å². The molecule has 26 heavy (non-hydrogen) atoms. The highest BCUT2D eigenvalue weighted by Gasteiger charge is 2.37. The molecule has 2 saturated heterocycles. The van der Waals surface area contributed by atoms with Crippen LogP contribution in [0.1, 0.15) is 25.7 Å². The Morgan fingerprint density at radius 3 is 2.46 bits per heavy atom. The van der Waals surface area contributed by atoms with Gasteiger partial charge in [-0.3, -0.25) is 9.78 Å². The SMILES string of the molecule is O=C(C1CCN(c2ccnc3ccccc23)CC1)N1CCC(F)(F)CC1. The number of carbonyl (C=O) groups is 1. The molecule has 0 bridgehead atoms. The number of aromatic nitrogens is 1. The number of nitrogens with zero attached hydrogens (tertiary/aromatic N) is 3. The summed E-state index contributed by atoms with van der Waals surface area (Å²) in [6.45, 7) is 1.96. The molecule has 0 saturated carbocycles. The van der Waals surface area contributed by atoms with E-state index in [1.807, 2.05) is 30.5 Å². The van der Waals surface area contributed by atoms with Crippen LogP contribution in [0, 0.1) is 5.92 Å². The van der Waals surface area contributed by atoms with E-state index in [0.29, 0.717) is 0 Å². The average molecular weight is 359 g/mol. The predicted octanol–water partition coefficient (Wildman–Crippen LogP) is 3.71. The van der Waals surface area contributed by atoms with Crippen LogP contribution in [0.2, 0.25) is 0 Å². The zero-order valence-electron chi connectivity index (χ0n) is 14.7. The first-order valence-corrected chi connectivity index (χ1v) is 9.29. The molecule has 1 aromatic heterocycles. The van der Waals surface area contributed by atoms with Crippen molar-refractivity contribution in [1.82, 2.24) is 9.88 Å². The lowest BCUT2D eigenvalue weighted by atomic mass is 9.93. The van der Waals surface area contributed by atoms with Gasteiger partial charge in [0.25, 0.3) is 5.92 Å². The molecule has 138 valence electrons. The van der Waals surface area contributed by atoms with E-state index in [4.69, 9.17) is 0 Å². The smallest absolute Gasteiger partial charge is 0.251 e. The number of halogens is 2. The van der Waals surface area contributed by atoms with Gasteiger partial charge in [-0.1, -0.05) is 18.2 Å². The number of amides is 1. The molecule has 0 radical (unpaired) electrons. The summed E-state index contributed by atoms with van der Waals surface area (Å²) in [6, 6.07) is 10.1. The highest BCUT2D eigenvalue weighted by molar-refractivity contribution is 5.91.